The van der Waals surface area contributed by atoms with E-state index in [0.717, 1.165) is 0 Å². The highest BCUT2D eigenvalue weighted by Crippen LogP contribution is 2.29. The van der Waals surface area contributed by atoms with Crippen LogP contribution in [0.15, 0.2) is 42.5 Å². The number of aromatic hydroxyl groups is 1. The van der Waals surface area contributed by atoms with Crippen LogP contribution in [0.3, 0.4) is 0 Å². The first kappa shape index (κ1) is 14.7. The zero-order chi connectivity index (χ0) is 15.2. The van der Waals surface area contributed by atoms with Crippen LogP contribution in [0, 0.1) is 0 Å². The molecule has 0 aromatic heterocycles. The highest BCUT2D eigenvalue weighted by molar-refractivity contribution is 5.92. The summed E-state index contributed by atoms with van der Waals surface area (Å²) in [5.41, 5.74) is 0.748. The first-order valence-corrected chi connectivity index (χ1v) is 6.32. The first-order chi connectivity index (χ1) is 10.2. The van der Waals surface area contributed by atoms with E-state index in [1.807, 2.05) is 0 Å². The van der Waals surface area contributed by atoms with Gasteiger partial charge in [-0.25, -0.2) is 4.79 Å². The van der Waals surface area contributed by atoms with Gasteiger partial charge in [0.25, 0.3) is 0 Å². The number of carbonyl (C=O) groups excluding carboxylic acids is 1. The Morgan fingerprint density at radius 1 is 1.00 bits per heavy atom. The molecule has 110 valence electrons. The molecule has 5 heteroatoms. The number of ether oxygens (including phenoxy) is 3. The molecule has 0 aliphatic rings. The molecular weight excluding hydrogens is 272 g/mol. The molecule has 0 atom stereocenters. The number of phenolic OH excluding ortho intramolecular Hbond substituents is 1. The van der Waals surface area contributed by atoms with Crippen LogP contribution in [0.5, 0.6) is 17.2 Å². The number of benzene rings is 2. The van der Waals surface area contributed by atoms with Gasteiger partial charge in [-0.1, -0.05) is 18.2 Å². The van der Waals surface area contributed by atoms with Gasteiger partial charge in [0.05, 0.1) is 19.8 Å². The van der Waals surface area contributed by atoms with Crippen molar-refractivity contribution in [3.8, 4) is 17.2 Å². The minimum Gasteiger partial charge on any atom is -0.507 e. The van der Waals surface area contributed by atoms with Crippen LogP contribution >= 0.6 is 0 Å². The summed E-state index contributed by atoms with van der Waals surface area (Å²) < 4.78 is 15.7. The molecule has 5 nitrogen and oxygen atoms in total. The summed E-state index contributed by atoms with van der Waals surface area (Å²) in [5.74, 6) is 0.411. The predicted octanol–water partition coefficient (Wildman–Crippen LogP) is 2.77. The molecule has 0 bridgehead atoms. The van der Waals surface area contributed by atoms with E-state index >= 15 is 0 Å². The lowest BCUT2D eigenvalue weighted by molar-refractivity contribution is 0.0464. The molecule has 0 radical (unpaired) electrons. The minimum atomic E-state index is -0.610. The van der Waals surface area contributed by atoms with Gasteiger partial charge in [-0.15, -0.1) is 0 Å². The van der Waals surface area contributed by atoms with Crippen LogP contribution in [-0.4, -0.2) is 25.3 Å². The van der Waals surface area contributed by atoms with E-state index < -0.39 is 5.97 Å². The third kappa shape index (κ3) is 3.25. The molecule has 2 aromatic carbocycles. The molecule has 0 spiro atoms. The van der Waals surface area contributed by atoms with Crippen molar-refractivity contribution in [1.82, 2.24) is 0 Å². The molecule has 0 saturated carbocycles. The monoisotopic (exact) mass is 288 g/mol. The molecule has 0 unspecified atom stereocenters. The lowest BCUT2D eigenvalue weighted by Crippen LogP contribution is -2.07. The van der Waals surface area contributed by atoms with Gasteiger partial charge in [0, 0.05) is 0 Å². The summed E-state index contributed by atoms with van der Waals surface area (Å²) in [5, 5.41) is 9.63. The second-order valence-corrected chi connectivity index (χ2v) is 4.23. The van der Waals surface area contributed by atoms with Crippen LogP contribution in [-0.2, 0) is 11.3 Å². The lowest BCUT2D eigenvalue weighted by Gasteiger charge is -2.13. The third-order valence-electron chi connectivity index (χ3n) is 3.00. The van der Waals surface area contributed by atoms with Crippen LogP contribution < -0.4 is 9.47 Å². The largest absolute Gasteiger partial charge is 0.507 e. The first-order valence-electron chi connectivity index (χ1n) is 6.32. The van der Waals surface area contributed by atoms with E-state index in [1.54, 1.807) is 30.3 Å². The maximum absolute atomic E-state index is 12.0. The van der Waals surface area contributed by atoms with Gasteiger partial charge < -0.3 is 19.3 Å². The number of methoxy groups -OCH3 is 2. The number of para-hydroxylation sites is 1. The van der Waals surface area contributed by atoms with Crippen molar-refractivity contribution in [3.05, 3.63) is 53.6 Å². The Morgan fingerprint density at radius 3 is 2.19 bits per heavy atom. The molecule has 0 heterocycles. The van der Waals surface area contributed by atoms with E-state index in [1.165, 1.54) is 26.4 Å². The number of phenols is 1. The van der Waals surface area contributed by atoms with Crippen molar-refractivity contribution in [2.24, 2.45) is 0 Å². The summed E-state index contributed by atoms with van der Waals surface area (Å²) in [6, 6.07) is 11.5. The van der Waals surface area contributed by atoms with Gasteiger partial charge in [-0.3, -0.25) is 0 Å². The SMILES string of the molecule is COc1cccc(OC)c1COC(=O)c1ccccc1O. The number of rotatable bonds is 5. The van der Waals surface area contributed by atoms with E-state index in [9.17, 15) is 9.90 Å². The fourth-order valence-corrected chi connectivity index (χ4v) is 1.93. The second kappa shape index (κ2) is 6.65. The second-order valence-electron chi connectivity index (χ2n) is 4.23. The predicted molar refractivity (Wildman–Crippen MR) is 76.8 cm³/mol. The molecule has 1 N–H and O–H groups in total. The Morgan fingerprint density at radius 2 is 1.62 bits per heavy atom. The third-order valence-corrected chi connectivity index (χ3v) is 3.00. The maximum atomic E-state index is 12.0. The molecule has 0 amide bonds. The van der Waals surface area contributed by atoms with Crippen LogP contribution in [0.1, 0.15) is 15.9 Å². The van der Waals surface area contributed by atoms with E-state index in [0.29, 0.717) is 17.1 Å². The zero-order valence-electron chi connectivity index (χ0n) is 11.8. The molecule has 0 aliphatic heterocycles. The van der Waals surface area contributed by atoms with Crippen molar-refractivity contribution in [2.45, 2.75) is 6.61 Å². The number of carbonyl (C=O) groups is 1. The molecular formula is C16H16O5. The topological polar surface area (TPSA) is 65.0 Å². The number of esters is 1. The van der Waals surface area contributed by atoms with Crippen molar-refractivity contribution < 1.29 is 24.1 Å². The molecule has 0 aliphatic carbocycles. The normalized spacial score (nSPS) is 10.0. The summed E-state index contributed by atoms with van der Waals surface area (Å²) >= 11 is 0. The summed E-state index contributed by atoms with van der Waals surface area (Å²) in [6.07, 6.45) is 0. The van der Waals surface area contributed by atoms with Crippen LogP contribution in [0.25, 0.3) is 0 Å². The Labute approximate surface area is 122 Å². The smallest absolute Gasteiger partial charge is 0.342 e. The average Bonchev–Trinajstić information content (AvgIpc) is 2.52. The van der Waals surface area contributed by atoms with Crippen LogP contribution in [0.2, 0.25) is 0 Å². The van der Waals surface area contributed by atoms with Crippen molar-refractivity contribution >= 4 is 5.97 Å². The Balaban J connectivity index is 2.17. The van der Waals surface area contributed by atoms with Gasteiger partial charge >= 0.3 is 5.97 Å². The van der Waals surface area contributed by atoms with Crippen molar-refractivity contribution in [1.29, 1.82) is 0 Å². The summed E-state index contributed by atoms with van der Waals surface area (Å²) in [7, 11) is 3.06. The molecule has 2 rings (SSSR count). The highest BCUT2D eigenvalue weighted by atomic mass is 16.5. The maximum Gasteiger partial charge on any atom is 0.342 e. The number of hydrogen-bond acceptors (Lipinski definition) is 5. The minimum absolute atomic E-state index is 0.0135. The molecule has 0 fully saturated rings. The van der Waals surface area contributed by atoms with Gasteiger partial charge in [0.1, 0.15) is 29.4 Å². The Bertz CT molecular complexity index is 614. The van der Waals surface area contributed by atoms with E-state index in [4.69, 9.17) is 14.2 Å². The summed E-state index contributed by atoms with van der Waals surface area (Å²) in [6.45, 7) is -0.0135. The molecule has 2 aromatic rings. The fraction of sp³-hybridized carbons (Fsp3) is 0.188. The molecule has 0 saturated heterocycles. The highest BCUT2D eigenvalue weighted by Gasteiger charge is 2.15. The van der Waals surface area contributed by atoms with Gasteiger partial charge in [-0.2, -0.15) is 0 Å². The standard InChI is InChI=1S/C16H16O5/c1-19-14-8-5-9-15(20-2)12(14)10-21-16(18)11-6-3-4-7-13(11)17/h3-9,17H,10H2,1-2H3. The van der Waals surface area contributed by atoms with E-state index in [-0.39, 0.29) is 17.9 Å². The Hall–Kier alpha value is -2.69. The zero-order valence-corrected chi connectivity index (χ0v) is 11.8. The van der Waals surface area contributed by atoms with Gasteiger partial charge in [-0.05, 0) is 24.3 Å². The van der Waals surface area contributed by atoms with Gasteiger partial charge in [0.15, 0.2) is 0 Å². The number of hydrogen-bond donors (Lipinski definition) is 1. The van der Waals surface area contributed by atoms with Crippen LogP contribution in [0.4, 0.5) is 0 Å². The van der Waals surface area contributed by atoms with Crippen molar-refractivity contribution in [2.75, 3.05) is 14.2 Å². The lowest BCUT2D eigenvalue weighted by atomic mass is 10.2. The molecule has 21 heavy (non-hydrogen) atoms. The Kier molecular flexibility index (Phi) is 4.66. The fourth-order valence-electron chi connectivity index (χ4n) is 1.93. The van der Waals surface area contributed by atoms with Gasteiger partial charge in [0.2, 0.25) is 0 Å². The quantitative estimate of drug-likeness (QED) is 0.857. The van der Waals surface area contributed by atoms with E-state index in [2.05, 4.69) is 0 Å². The van der Waals surface area contributed by atoms with Crippen molar-refractivity contribution in [3.63, 3.8) is 0 Å². The summed E-state index contributed by atoms with van der Waals surface area (Å²) in [4.78, 5) is 12.0. The average molecular weight is 288 g/mol.